The average Bonchev–Trinajstić information content (AvgIpc) is 2.75. The van der Waals surface area contributed by atoms with E-state index in [4.69, 9.17) is 0 Å². The Balaban J connectivity index is 1.81. The molecule has 1 atom stereocenters. The quantitative estimate of drug-likeness (QED) is 0.502. The van der Waals surface area contributed by atoms with Crippen molar-refractivity contribution in [3.05, 3.63) is 71.3 Å². The van der Waals surface area contributed by atoms with Gasteiger partial charge in [0.1, 0.15) is 4.90 Å². The fraction of sp³-hybridized carbons (Fsp3) is 0.348. The molecule has 0 heterocycles. The summed E-state index contributed by atoms with van der Waals surface area (Å²) >= 11 is 0. The number of allylic oxidation sites excluding steroid dienone is 1. The molecule has 1 unspecified atom stereocenters. The van der Waals surface area contributed by atoms with Gasteiger partial charge in [-0.3, -0.25) is 0 Å². The summed E-state index contributed by atoms with van der Waals surface area (Å²) < 4.78 is 28.9. The summed E-state index contributed by atoms with van der Waals surface area (Å²) in [7, 11) is -3.94. The van der Waals surface area contributed by atoms with E-state index in [1.807, 2.05) is 30.3 Å². The van der Waals surface area contributed by atoms with Crippen LogP contribution in [0.1, 0.15) is 61.0 Å². The van der Waals surface area contributed by atoms with Crippen molar-refractivity contribution in [2.75, 3.05) is 11.9 Å². The van der Waals surface area contributed by atoms with Crippen molar-refractivity contribution in [3.63, 3.8) is 0 Å². The van der Waals surface area contributed by atoms with Gasteiger partial charge in [0.15, 0.2) is 0 Å². The van der Waals surface area contributed by atoms with Crippen LogP contribution in [-0.2, 0) is 10.0 Å². The van der Waals surface area contributed by atoms with E-state index in [2.05, 4.69) is 16.1 Å². The van der Waals surface area contributed by atoms with Crippen LogP contribution in [-0.4, -0.2) is 26.0 Å². The van der Waals surface area contributed by atoms with Gasteiger partial charge in [0.2, 0.25) is 10.0 Å². The lowest BCUT2D eigenvalue weighted by Gasteiger charge is -2.18. The van der Waals surface area contributed by atoms with Gasteiger partial charge in [-0.15, -0.1) is 0 Å². The first-order valence-corrected chi connectivity index (χ1v) is 11.7. The number of hydrogen-bond acceptors (Lipinski definition) is 4. The smallest absolute Gasteiger partial charge is 0.335 e. The lowest BCUT2D eigenvalue weighted by Crippen LogP contribution is -2.28. The van der Waals surface area contributed by atoms with Gasteiger partial charge in [-0.1, -0.05) is 42.0 Å². The number of hydrogen-bond donors (Lipinski definition) is 3. The van der Waals surface area contributed by atoms with Crippen molar-refractivity contribution in [2.45, 2.75) is 50.0 Å². The van der Waals surface area contributed by atoms with Crippen LogP contribution in [0, 0.1) is 0 Å². The minimum absolute atomic E-state index is 0.0530. The molecule has 3 N–H and O–H groups in total. The number of aromatic carboxylic acids is 1. The van der Waals surface area contributed by atoms with Crippen molar-refractivity contribution in [3.8, 4) is 0 Å². The third-order valence-corrected chi connectivity index (χ3v) is 6.88. The molecule has 3 rings (SSSR count). The number of carboxylic acids is 1. The molecule has 6 nitrogen and oxygen atoms in total. The van der Waals surface area contributed by atoms with Gasteiger partial charge in [-0.25, -0.2) is 17.9 Å². The monoisotopic (exact) mass is 428 g/mol. The Morgan fingerprint density at radius 2 is 1.90 bits per heavy atom. The fourth-order valence-corrected chi connectivity index (χ4v) is 5.06. The number of nitrogens with one attached hydrogen (secondary N) is 2. The van der Waals surface area contributed by atoms with Gasteiger partial charge in [-0.05, 0) is 62.8 Å². The van der Waals surface area contributed by atoms with Crippen molar-refractivity contribution in [1.82, 2.24) is 4.72 Å². The maximum absolute atomic E-state index is 13.1. The first-order valence-electron chi connectivity index (χ1n) is 10.2. The molecule has 0 saturated heterocycles. The lowest BCUT2D eigenvalue weighted by atomic mass is 9.97. The van der Waals surface area contributed by atoms with Crippen LogP contribution in [0.5, 0.6) is 0 Å². The third-order valence-electron chi connectivity index (χ3n) is 5.30. The van der Waals surface area contributed by atoms with Gasteiger partial charge in [-0.2, -0.15) is 0 Å². The van der Waals surface area contributed by atoms with Gasteiger partial charge in [0, 0.05) is 12.6 Å². The van der Waals surface area contributed by atoms with E-state index < -0.39 is 22.0 Å². The summed E-state index contributed by atoms with van der Waals surface area (Å²) in [4.78, 5) is 11.4. The zero-order chi connectivity index (χ0) is 21.6. The molecular weight excluding hydrogens is 400 g/mol. The summed E-state index contributed by atoms with van der Waals surface area (Å²) in [6.07, 6.45) is 7.71. The Labute approximate surface area is 178 Å². The molecule has 1 aliphatic carbocycles. The lowest BCUT2D eigenvalue weighted by molar-refractivity contribution is 0.0696. The second-order valence-corrected chi connectivity index (χ2v) is 9.24. The topological polar surface area (TPSA) is 95.5 Å². The molecule has 1 aliphatic rings. The number of carboxylic acid groups (broad SMARTS) is 1. The van der Waals surface area contributed by atoms with Crippen LogP contribution in [0.3, 0.4) is 0 Å². The Morgan fingerprint density at radius 3 is 2.57 bits per heavy atom. The van der Waals surface area contributed by atoms with Gasteiger partial charge in [0.05, 0.1) is 11.3 Å². The number of anilines is 1. The molecule has 7 heteroatoms. The van der Waals surface area contributed by atoms with E-state index in [1.54, 1.807) is 6.92 Å². The molecule has 0 aromatic heterocycles. The minimum atomic E-state index is -3.94. The molecule has 160 valence electrons. The van der Waals surface area contributed by atoms with E-state index in [9.17, 15) is 18.3 Å². The van der Waals surface area contributed by atoms with Crippen LogP contribution in [0.4, 0.5) is 5.69 Å². The number of sulfonamides is 1. The summed E-state index contributed by atoms with van der Waals surface area (Å²) in [6.45, 7) is 2.35. The molecule has 0 aliphatic heterocycles. The molecule has 30 heavy (non-hydrogen) atoms. The van der Waals surface area contributed by atoms with E-state index in [0.29, 0.717) is 12.2 Å². The van der Waals surface area contributed by atoms with E-state index in [-0.39, 0.29) is 10.5 Å². The standard InChI is InChI=1S/C23H28N2O4S/c1-17(19-10-6-3-7-11-19)25-30(28,29)22-16-20(23(26)27)12-13-21(22)24-15-14-18-8-4-2-5-9-18/h3,6-8,10-13,16-17,24-25H,2,4-5,9,14-15H2,1H3,(H,26,27). The van der Waals surface area contributed by atoms with Gasteiger partial charge in [0.25, 0.3) is 0 Å². The number of benzene rings is 2. The largest absolute Gasteiger partial charge is 0.478 e. The first kappa shape index (κ1) is 22.1. The summed E-state index contributed by atoms with van der Waals surface area (Å²) in [5.74, 6) is -1.17. The van der Waals surface area contributed by atoms with Crippen LogP contribution in [0.15, 0.2) is 65.1 Å². The predicted molar refractivity (Wildman–Crippen MR) is 118 cm³/mol. The maximum Gasteiger partial charge on any atom is 0.335 e. The van der Waals surface area contributed by atoms with Crippen LogP contribution in [0.2, 0.25) is 0 Å². The minimum Gasteiger partial charge on any atom is -0.478 e. The molecular formula is C23H28N2O4S. The second kappa shape index (κ2) is 9.91. The predicted octanol–water partition coefficient (Wildman–Crippen LogP) is 4.73. The van der Waals surface area contributed by atoms with E-state index >= 15 is 0 Å². The molecule has 0 spiro atoms. The molecule has 0 bridgehead atoms. The molecule has 0 fully saturated rings. The summed E-state index contributed by atoms with van der Waals surface area (Å²) in [5, 5.41) is 12.5. The molecule has 0 saturated carbocycles. The van der Waals surface area contributed by atoms with Crippen molar-refractivity contribution in [2.24, 2.45) is 0 Å². The molecule has 2 aromatic carbocycles. The van der Waals surface area contributed by atoms with Crippen LogP contribution >= 0.6 is 0 Å². The van der Waals surface area contributed by atoms with Gasteiger partial charge >= 0.3 is 5.97 Å². The number of rotatable bonds is 9. The zero-order valence-corrected chi connectivity index (χ0v) is 17.9. The van der Waals surface area contributed by atoms with E-state index in [0.717, 1.165) is 24.8 Å². The van der Waals surface area contributed by atoms with Gasteiger partial charge < -0.3 is 10.4 Å². The van der Waals surface area contributed by atoms with Crippen molar-refractivity contribution in [1.29, 1.82) is 0 Å². The summed E-state index contributed by atoms with van der Waals surface area (Å²) in [6, 6.07) is 13.0. The highest BCUT2D eigenvalue weighted by Gasteiger charge is 2.23. The van der Waals surface area contributed by atoms with Crippen molar-refractivity contribution >= 4 is 21.7 Å². The SMILES string of the molecule is CC(NS(=O)(=O)c1cc(C(=O)O)ccc1NCCC1=CCCCC1)c1ccccc1. The Bertz CT molecular complexity index is 1020. The normalized spacial score (nSPS) is 15.3. The first-order chi connectivity index (χ1) is 14.4. The Kier molecular flexibility index (Phi) is 7.29. The Hall–Kier alpha value is -2.64. The summed E-state index contributed by atoms with van der Waals surface area (Å²) in [5.41, 5.74) is 2.55. The van der Waals surface area contributed by atoms with Crippen LogP contribution < -0.4 is 10.0 Å². The zero-order valence-electron chi connectivity index (χ0n) is 17.1. The highest BCUT2D eigenvalue weighted by atomic mass is 32.2. The van der Waals surface area contributed by atoms with E-state index in [1.165, 1.54) is 36.6 Å². The molecule has 0 radical (unpaired) electrons. The highest BCUT2D eigenvalue weighted by Crippen LogP contribution is 2.26. The van der Waals surface area contributed by atoms with Crippen molar-refractivity contribution < 1.29 is 18.3 Å². The second-order valence-electron chi connectivity index (χ2n) is 7.55. The number of carbonyl (C=O) groups is 1. The molecule has 0 amide bonds. The highest BCUT2D eigenvalue weighted by molar-refractivity contribution is 7.89. The molecule has 2 aromatic rings. The fourth-order valence-electron chi connectivity index (χ4n) is 3.62. The van der Waals surface area contributed by atoms with Crippen LogP contribution in [0.25, 0.3) is 0 Å². The average molecular weight is 429 g/mol. The third kappa shape index (κ3) is 5.70. The Morgan fingerprint density at radius 1 is 1.13 bits per heavy atom. The maximum atomic E-state index is 13.1.